The zero-order valence-electron chi connectivity index (χ0n) is 13.8. The summed E-state index contributed by atoms with van der Waals surface area (Å²) in [6.07, 6.45) is 5.89. The van der Waals surface area contributed by atoms with Gasteiger partial charge >= 0.3 is 5.97 Å². The quantitative estimate of drug-likeness (QED) is 0.798. The third-order valence-electron chi connectivity index (χ3n) is 4.92. The number of nitrogens with one attached hydrogen (secondary N) is 1. The van der Waals surface area contributed by atoms with Crippen molar-refractivity contribution in [2.24, 2.45) is 23.5 Å². The van der Waals surface area contributed by atoms with Crippen LogP contribution in [0.4, 0.5) is 5.69 Å². The van der Waals surface area contributed by atoms with Crippen LogP contribution in [-0.4, -0.2) is 23.0 Å². The lowest BCUT2D eigenvalue weighted by molar-refractivity contribution is -0.114. The lowest BCUT2D eigenvalue weighted by Crippen LogP contribution is -2.30. The second kappa shape index (κ2) is 7.59. The van der Waals surface area contributed by atoms with E-state index in [1.54, 1.807) is 12.1 Å². The molecule has 0 aromatic heterocycles. The number of hydrogen-bond acceptors (Lipinski definition) is 3. The third-order valence-corrected chi connectivity index (χ3v) is 4.92. The van der Waals surface area contributed by atoms with E-state index in [1.165, 1.54) is 44.7 Å². The molecule has 0 saturated heterocycles. The van der Waals surface area contributed by atoms with Crippen LogP contribution >= 0.6 is 0 Å². The second-order valence-electron chi connectivity index (χ2n) is 6.76. The Hall–Kier alpha value is -1.88. The van der Waals surface area contributed by atoms with Gasteiger partial charge in [0.05, 0.1) is 5.56 Å². The number of aromatic carboxylic acids is 1. The van der Waals surface area contributed by atoms with Gasteiger partial charge in [0, 0.05) is 18.7 Å². The molecule has 2 fully saturated rings. The van der Waals surface area contributed by atoms with Gasteiger partial charge in [-0.05, 0) is 68.2 Å². The van der Waals surface area contributed by atoms with E-state index < -0.39 is 5.97 Å². The number of amides is 1. The number of benzene rings is 1. The van der Waals surface area contributed by atoms with E-state index in [9.17, 15) is 9.59 Å². The van der Waals surface area contributed by atoms with Crippen molar-refractivity contribution >= 4 is 17.6 Å². The van der Waals surface area contributed by atoms with Crippen LogP contribution < -0.4 is 11.1 Å². The Labute approximate surface area is 137 Å². The molecule has 0 aliphatic heterocycles. The zero-order chi connectivity index (χ0) is 17.0. The van der Waals surface area contributed by atoms with Gasteiger partial charge in [-0.15, -0.1) is 0 Å². The first kappa shape index (κ1) is 17.5. The van der Waals surface area contributed by atoms with Crippen LogP contribution in [0, 0.1) is 17.8 Å². The molecule has 2 aliphatic carbocycles. The van der Waals surface area contributed by atoms with Gasteiger partial charge in [-0.3, -0.25) is 4.79 Å². The van der Waals surface area contributed by atoms with E-state index in [4.69, 9.17) is 10.8 Å². The van der Waals surface area contributed by atoms with Crippen molar-refractivity contribution in [2.75, 3.05) is 5.32 Å². The summed E-state index contributed by atoms with van der Waals surface area (Å²) in [5.41, 5.74) is 6.68. The smallest absolute Gasteiger partial charge is 0.335 e. The largest absolute Gasteiger partial charge is 0.478 e. The highest BCUT2D eigenvalue weighted by atomic mass is 16.4. The third kappa shape index (κ3) is 4.79. The molecule has 2 saturated carbocycles. The van der Waals surface area contributed by atoms with Crippen LogP contribution in [0.5, 0.6) is 0 Å². The molecule has 2 aliphatic rings. The fourth-order valence-corrected chi connectivity index (χ4v) is 3.84. The van der Waals surface area contributed by atoms with Crippen molar-refractivity contribution in [3.8, 4) is 0 Å². The molecule has 3 rings (SSSR count). The first-order valence-electron chi connectivity index (χ1n) is 8.23. The molecule has 4 atom stereocenters. The monoisotopic (exact) mass is 318 g/mol. The standard InChI is InChI=1S/C9H9NO3.C9H17N/c1-6(11)10-8-4-2-7(3-5-8)9(12)13;1-6(10)9-5-7-2-3-8(9)4-7/h2-5H,1H3,(H,10,11)(H,12,13);6-9H,2-5,10H2,1H3. The molecule has 23 heavy (non-hydrogen) atoms. The summed E-state index contributed by atoms with van der Waals surface area (Å²) < 4.78 is 0. The molecule has 1 amide bonds. The number of fused-ring (bicyclic) bond motifs is 2. The SMILES string of the molecule is CC(=O)Nc1ccc(C(=O)O)cc1.CC(N)C1CC2CCC1C2. The Kier molecular flexibility index (Phi) is 5.77. The molecule has 0 heterocycles. The highest BCUT2D eigenvalue weighted by Gasteiger charge is 2.40. The molecule has 5 heteroatoms. The summed E-state index contributed by atoms with van der Waals surface area (Å²) in [5, 5.41) is 11.1. The Morgan fingerprint density at radius 1 is 1.22 bits per heavy atom. The predicted molar refractivity (Wildman–Crippen MR) is 90.3 cm³/mol. The van der Waals surface area contributed by atoms with Crippen molar-refractivity contribution in [1.82, 2.24) is 0 Å². The van der Waals surface area contributed by atoms with Crippen LogP contribution in [0.25, 0.3) is 0 Å². The number of rotatable bonds is 3. The van der Waals surface area contributed by atoms with Gasteiger partial charge in [-0.1, -0.05) is 6.42 Å². The molecule has 2 bridgehead atoms. The fourth-order valence-electron chi connectivity index (χ4n) is 3.84. The Morgan fingerprint density at radius 2 is 1.87 bits per heavy atom. The summed E-state index contributed by atoms with van der Waals surface area (Å²) in [5.74, 6) is 1.78. The first-order valence-corrected chi connectivity index (χ1v) is 8.23. The van der Waals surface area contributed by atoms with Gasteiger partial charge in [0.2, 0.25) is 5.91 Å². The van der Waals surface area contributed by atoms with E-state index >= 15 is 0 Å². The molecule has 1 aromatic carbocycles. The molecule has 1 aromatic rings. The molecule has 126 valence electrons. The van der Waals surface area contributed by atoms with Gasteiger partial charge in [0.1, 0.15) is 0 Å². The maximum atomic E-state index is 10.6. The molecule has 0 radical (unpaired) electrons. The maximum Gasteiger partial charge on any atom is 0.335 e. The summed E-state index contributed by atoms with van der Waals surface area (Å²) in [4.78, 5) is 21.1. The van der Waals surface area contributed by atoms with E-state index in [-0.39, 0.29) is 11.5 Å². The molecule has 4 N–H and O–H groups in total. The van der Waals surface area contributed by atoms with Gasteiger partial charge in [-0.2, -0.15) is 0 Å². The number of anilines is 1. The van der Waals surface area contributed by atoms with E-state index in [0.29, 0.717) is 11.7 Å². The van der Waals surface area contributed by atoms with Crippen LogP contribution in [-0.2, 0) is 4.79 Å². The average molecular weight is 318 g/mol. The summed E-state index contributed by atoms with van der Waals surface area (Å²) >= 11 is 0. The Balaban J connectivity index is 0.000000172. The second-order valence-corrected chi connectivity index (χ2v) is 6.76. The minimum Gasteiger partial charge on any atom is -0.478 e. The van der Waals surface area contributed by atoms with Crippen LogP contribution in [0.3, 0.4) is 0 Å². The highest BCUT2D eigenvalue weighted by Crippen LogP contribution is 2.49. The Bertz CT molecular complexity index is 554. The normalized spacial score (nSPS) is 26.1. The number of hydrogen-bond donors (Lipinski definition) is 3. The molecular weight excluding hydrogens is 292 g/mol. The topological polar surface area (TPSA) is 92.4 Å². The number of carboxylic acids is 1. The minimum absolute atomic E-state index is 0.178. The van der Waals surface area contributed by atoms with Crippen molar-refractivity contribution in [2.45, 2.75) is 45.6 Å². The predicted octanol–water partition coefficient (Wildman–Crippen LogP) is 3.11. The van der Waals surface area contributed by atoms with E-state index in [0.717, 1.165) is 17.8 Å². The van der Waals surface area contributed by atoms with Crippen molar-refractivity contribution in [3.63, 3.8) is 0 Å². The molecule has 5 nitrogen and oxygen atoms in total. The average Bonchev–Trinajstić information content (AvgIpc) is 3.10. The number of nitrogens with two attached hydrogens (primary N) is 1. The summed E-state index contributed by atoms with van der Waals surface area (Å²) in [6, 6.07) is 6.42. The molecule has 4 unspecified atom stereocenters. The highest BCUT2D eigenvalue weighted by molar-refractivity contribution is 5.91. The maximum absolute atomic E-state index is 10.6. The lowest BCUT2D eigenvalue weighted by Gasteiger charge is -2.24. The Morgan fingerprint density at radius 3 is 2.22 bits per heavy atom. The van der Waals surface area contributed by atoms with Crippen LogP contribution in [0.15, 0.2) is 24.3 Å². The van der Waals surface area contributed by atoms with Gasteiger partial charge in [0.15, 0.2) is 0 Å². The molecule has 0 spiro atoms. The fraction of sp³-hybridized carbons (Fsp3) is 0.556. The lowest BCUT2D eigenvalue weighted by atomic mass is 9.84. The van der Waals surface area contributed by atoms with Gasteiger partial charge < -0.3 is 16.2 Å². The minimum atomic E-state index is -0.977. The number of carbonyl (C=O) groups excluding carboxylic acids is 1. The zero-order valence-corrected chi connectivity index (χ0v) is 13.8. The van der Waals surface area contributed by atoms with Crippen molar-refractivity contribution in [1.29, 1.82) is 0 Å². The van der Waals surface area contributed by atoms with Crippen molar-refractivity contribution < 1.29 is 14.7 Å². The number of carbonyl (C=O) groups is 2. The number of carboxylic acid groups (broad SMARTS) is 1. The summed E-state index contributed by atoms with van der Waals surface area (Å²) in [6.45, 7) is 3.57. The molecular formula is C18H26N2O3. The van der Waals surface area contributed by atoms with E-state index in [2.05, 4.69) is 12.2 Å². The van der Waals surface area contributed by atoms with Crippen LogP contribution in [0.1, 0.15) is 49.9 Å². The van der Waals surface area contributed by atoms with Gasteiger partial charge in [-0.25, -0.2) is 4.79 Å². The van der Waals surface area contributed by atoms with Gasteiger partial charge in [0.25, 0.3) is 0 Å². The first-order chi connectivity index (χ1) is 10.9. The summed E-state index contributed by atoms with van der Waals surface area (Å²) in [7, 11) is 0. The van der Waals surface area contributed by atoms with Crippen molar-refractivity contribution in [3.05, 3.63) is 29.8 Å². The van der Waals surface area contributed by atoms with E-state index in [1.807, 2.05) is 0 Å². The van der Waals surface area contributed by atoms with Crippen LogP contribution in [0.2, 0.25) is 0 Å².